The second-order valence-electron chi connectivity index (χ2n) is 4.86. The fourth-order valence-electron chi connectivity index (χ4n) is 1.52. The van der Waals surface area contributed by atoms with Crippen LogP contribution in [0.5, 0.6) is 5.75 Å². The van der Waals surface area contributed by atoms with Gasteiger partial charge in [0.05, 0.1) is 13.0 Å². The van der Waals surface area contributed by atoms with Crippen molar-refractivity contribution in [3.8, 4) is 5.75 Å². The molecule has 0 radical (unpaired) electrons. The molecule has 106 valence electrons. The Balaban J connectivity index is 2.17. The van der Waals surface area contributed by atoms with E-state index in [1.807, 2.05) is 23.9 Å². The van der Waals surface area contributed by atoms with Crippen molar-refractivity contribution in [3.05, 3.63) is 29.8 Å². The quantitative estimate of drug-likeness (QED) is 0.704. The van der Waals surface area contributed by atoms with Crippen molar-refractivity contribution >= 4 is 17.7 Å². The maximum atomic E-state index is 10.5. The molecule has 0 bridgehead atoms. The van der Waals surface area contributed by atoms with Crippen LogP contribution in [0.4, 0.5) is 0 Å². The number of ether oxygens (including phenoxy) is 1. The molecule has 0 saturated heterocycles. The summed E-state index contributed by atoms with van der Waals surface area (Å²) in [4.78, 5) is 10.5. The zero-order valence-electron chi connectivity index (χ0n) is 11.6. The molecule has 4 heteroatoms. The van der Waals surface area contributed by atoms with E-state index in [1.165, 1.54) is 12.2 Å². The SMILES string of the molecule is CC(C)CCSCCOc1ccc(CC(=O)O)cc1. The van der Waals surface area contributed by atoms with Gasteiger partial charge in [0.1, 0.15) is 5.75 Å². The van der Waals surface area contributed by atoms with Gasteiger partial charge in [0.2, 0.25) is 0 Å². The van der Waals surface area contributed by atoms with E-state index in [0.29, 0.717) is 6.61 Å². The predicted octanol–water partition coefficient (Wildman–Crippen LogP) is 3.47. The van der Waals surface area contributed by atoms with E-state index in [0.717, 1.165) is 23.0 Å². The minimum Gasteiger partial charge on any atom is -0.493 e. The van der Waals surface area contributed by atoms with Crippen LogP contribution in [-0.4, -0.2) is 29.2 Å². The van der Waals surface area contributed by atoms with E-state index >= 15 is 0 Å². The Morgan fingerprint density at radius 1 is 1.26 bits per heavy atom. The van der Waals surface area contributed by atoms with Crippen LogP contribution in [0.15, 0.2) is 24.3 Å². The highest BCUT2D eigenvalue weighted by molar-refractivity contribution is 7.99. The van der Waals surface area contributed by atoms with E-state index in [2.05, 4.69) is 13.8 Å². The summed E-state index contributed by atoms with van der Waals surface area (Å²) in [6.45, 7) is 5.16. The van der Waals surface area contributed by atoms with Crippen molar-refractivity contribution in [2.75, 3.05) is 18.1 Å². The van der Waals surface area contributed by atoms with E-state index in [4.69, 9.17) is 9.84 Å². The Hall–Kier alpha value is -1.16. The number of carboxylic acids is 1. The van der Waals surface area contributed by atoms with Crippen molar-refractivity contribution in [3.63, 3.8) is 0 Å². The van der Waals surface area contributed by atoms with Crippen LogP contribution in [0.2, 0.25) is 0 Å². The molecular formula is C15H22O3S. The van der Waals surface area contributed by atoms with E-state index in [-0.39, 0.29) is 6.42 Å². The number of hydrogen-bond donors (Lipinski definition) is 1. The third-order valence-electron chi connectivity index (χ3n) is 2.61. The van der Waals surface area contributed by atoms with Gasteiger partial charge < -0.3 is 9.84 Å². The topological polar surface area (TPSA) is 46.5 Å². The molecule has 0 atom stereocenters. The zero-order chi connectivity index (χ0) is 14.1. The zero-order valence-corrected chi connectivity index (χ0v) is 12.4. The normalized spacial score (nSPS) is 10.7. The summed E-state index contributed by atoms with van der Waals surface area (Å²) in [5.74, 6) is 2.92. The first kappa shape index (κ1) is 15.9. The van der Waals surface area contributed by atoms with Crippen molar-refractivity contribution in [2.45, 2.75) is 26.7 Å². The van der Waals surface area contributed by atoms with Crippen molar-refractivity contribution in [2.24, 2.45) is 5.92 Å². The molecule has 0 aliphatic rings. The minimum absolute atomic E-state index is 0.0608. The molecule has 1 N–H and O–H groups in total. The molecule has 3 nitrogen and oxygen atoms in total. The van der Waals surface area contributed by atoms with E-state index in [9.17, 15) is 4.79 Å². The predicted molar refractivity (Wildman–Crippen MR) is 80.1 cm³/mol. The van der Waals surface area contributed by atoms with Crippen LogP contribution in [0, 0.1) is 5.92 Å². The molecule has 1 aromatic rings. The molecule has 0 unspecified atom stereocenters. The van der Waals surface area contributed by atoms with Gasteiger partial charge in [-0.3, -0.25) is 4.79 Å². The van der Waals surface area contributed by atoms with E-state index < -0.39 is 5.97 Å². The fourth-order valence-corrected chi connectivity index (χ4v) is 2.56. The Kier molecular flexibility index (Phi) is 7.41. The fraction of sp³-hybridized carbons (Fsp3) is 0.533. The smallest absolute Gasteiger partial charge is 0.307 e. The highest BCUT2D eigenvalue weighted by Crippen LogP contribution is 2.14. The first-order valence-corrected chi connectivity index (χ1v) is 7.74. The third-order valence-corrected chi connectivity index (χ3v) is 3.59. The summed E-state index contributed by atoms with van der Waals surface area (Å²) < 4.78 is 5.60. The Bertz CT molecular complexity index is 373. The van der Waals surface area contributed by atoms with Crippen LogP contribution in [0.3, 0.4) is 0 Å². The van der Waals surface area contributed by atoms with Crippen molar-refractivity contribution in [1.29, 1.82) is 0 Å². The van der Waals surface area contributed by atoms with Gasteiger partial charge in [0.25, 0.3) is 0 Å². The molecule has 1 aromatic carbocycles. The maximum absolute atomic E-state index is 10.5. The molecule has 0 aromatic heterocycles. The molecule has 0 fully saturated rings. The first-order chi connectivity index (χ1) is 9.08. The van der Waals surface area contributed by atoms with Gasteiger partial charge >= 0.3 is 5.97 Å². The Morgan fingerprint density at radius 2 is 1.95 bits per heavy atom. The van der Waals surface area contributed by atoms with Gasteiger partial charge in [-0.1, -0.05) is 26.0 Å². The van der Waals surface area contributed by atoms with Crippen LogP contribution in [0.1, 0.15) is 25.8 Å². The minimum atomic E-state index is -0.810. The van der Waals surface area contributed by atoms with Gasteiger partial charge in [-0.05, 0) is 35.8 Å². The first-order valence-electron chi connectivity index (χ1n) is 6.59. The highest BCUT2D eigenvalue weighted by atomic mass is 32.2. The molecule has 0 aliphatic heterocycles. The number of carboxylic acid groups (broad SMARTS) is 1. The number of rotatable bonds is 9. The molecular weight excluding hydrogens is 260 g/mol. The standard InChI is InChI=1S/C15H22O3S/c1-12(2)7-9-19-10-8-18-14-5-3-13(4-6-14)11-15(16)17/h3-6,12H,7-11H2,1-2H3,(H,16,17). The van der Waals surface area contributed by atoms with Crippen LogP contribution in [0.25, 0.3) is 0 Å². The van der Waals surface area contributed by atoms with Gasteiger partial charge in [0, 0.05) is 5.75 Å². The third kappa shape index (κ3) is 7.78. The molecule has 0 heterocycles. The summed E-state index contributed by atoms with van der Waals surface area (Å²) in [5.41, 5.74) is 0.797. The Labute approximate surface area is 119 Å². The summed E-state index contributed by atoms with van der Waals surface area (Å²) in [7, 11) is 0. The van der Waals surface area contributed by atoms with Gasteiger partial charge in [-0.25, -0.2) is 0 Å². The molecule has 0 aliphatic carbocycles. The summed E-state index contributed by atoms with van der Waals surface area (Å²) in [6, 6.07) is 7.26. The average Bonchev–Trinajstić information content (AvgIpc) is 2.34. The van der Waals surface area contributed by atoms with Gasteiger partial charge in [-0.15, -0.1) is 0 Å². The largest absolute Gasteiger partial charge is 0.493 e. The summed E-state index contributed by atoms with van der Waals surface area (Å²) >= 11 is 1.91. The van der Waals surface area contributed by atoms with Crippen molar-refractivity contribution in [1.82, 2.24) is 0 Å². The highest BCUT2D eigenvalue weighted by Gasteiger charge is 2.01. The van der Waals surface area contributed by atoms with Crippen LogP contribution in [-0.2, 0) is 11.2 Å². The lowest BCUT2D eigenvalue weighted by Gasteiger charge is -2.07. The molecule has 0 amide bonds. The number of aliphatic carboxylic acids is 1. The molecule has 0 spiro atoms. The van der Waals surface area contributed by atoms with Gasteiger partial charge in [0.15, 0.2) is 0 Å². The molecule has 1 rings (SSSR count). The van der Waals surface area contributed by atoms with Crippen LogP contribution >= 0.6 is 11.8 Å². The monoisotopic (exact) mass is 282 g/mol. The second-order valence-corrected chi connectivity index (χ2v) is 6.08. The lowest BCUT2D eigenvalue weighted by atomic mass is 10.1. The second kappa shape index (κ2) is 8.86. The number of carbonyl (C=O) groups is 1. The average molecular weight is 282 g/mol. The molecule has 19 heavy (non-hydrogen) atoms. The molecule has 0 saturated carbocycles. The summed E-state index contributed by atoms with van der Waals surface area (Å²) in [5, 5.41) is 8.67. The van der Waals surface area contributed by atoms with Crippen molar-refractivity contribution < 1.29 is 14.6 Å². The maximum Gasteiger partial charge on any atom is 0.307 e. The summed E-state index contributed by atoms with van der Waals surface area (Å²) in [6.07, 6.45) is 1.31. The Morgan fingerprint density at radius 3 is 2.53 bits per heavy atom. The number of hydrogen-bond acceptors (Lipinski definition) is 3. The van der Waals surface area contributed by atoms with Crippen LogP contribution < -0.4 is 4.74 Å². The van der Waals surface area contributed by atoms with Gasteiger partial charge in [-0.2, -0.15) is 11.8 Å². The number of thioether (sulfide) groups is 1. The number of benzene rings is 1. The lowest BCUT2D eigenvalue weighted by molar-refractivity contribution is -0.136. The van der Waals surface area contributed by atoms with E-state index in [1.54, 1.807) is 12.1 Å². The lowest BCUT2D eigenvalue weighted by Crippen LogP contribution is -2.02.